The van der Waals surface area contributed by atoms with E-state index in [2.05, 4.69) is 9.82 Å². The van der Waals surface area contributed by atoms with Crippen LogP contribution in [0.5, 0.6) is 5.75 Å². The second-order valence-electron chi connectivity index (χ2n) is 5.36. The van der Waals surface area contributed by atoms with Crippen LogP contribution in [0, 0.1) is 12.7 Å². The second kappa shape index (κ2) is 5.06. The number of halogens is 1. The fourth-order valence-electron chi connectivity index (χ4n) is 2.69. The van der Waals surface area contributed by atoms with Crippen molar-refractivity contribution < 1.29 is 17.5 Å². The van der Waals surface area contributed by atoms with Gasteiger partial charge >= 0.3 is 0 Å². The van der Waals surface area contributed by atoms with E-state index in [1.807, 2.05) is 0 Å². The van der Waals surface area contributed by atoms with Gasteiger partial charge in [-0.1, -0.05) is 6.07 Å². The third kappa shape index (κ3) is 2.38. The molecule has 1 N–H and O–H groups in total. The quantitative estimate of drug-likeness (QED) is 0.931. The summed E-state index contributed by atoms with van der Waals surface area (Å²) in [6.07, 6.45) is 1.06. The van der Waals surface area contributed by atoms with Crippen molar-refractivity contribution >= 4 is 10.0 Å². The number of nitrogens with one attached hydrogen (secondary N) is 1. The van der Waals surface area contributed by atoms with Gasteiger partial charge in [0.2, 0.25) is 0 Å². The minimum atomic E-state index is -3.77. The maximum absolute atomic E-state index is 13.3. The number of hydrogen-bond donors (Lipinski definition) is 1. The molecule has 0 aliphatic carbocycles. The van der Waals surface area contributed by atoms with Crippen LogP contribution in [0.1, 0.15) is 24.1 Å². The average molecular weight is 325 g/mol. The summed E-state index contributed by atoms with van der Waals surface area (Å²) in [7, 11) is -2.20. The molecule has 0 radical (unpaired) electrons. The summed E-state index contributed by atoms with van der Waals surface area (Å²) in [6, 6.07) is 3.51. The monoisotopic (exact) mass is 325 g/mol. The van der Waals surface area contributed by atoms with Gasteiger partial charge in [0.05, 0.1) is 12.2 Å². The zero-order valence-electron chi connectivity index (χ0n) is 12.4. The summed E-state index contributed by atoms with van der Waals surface area (Å²) < 4.78 is 47.9. The maximum atomic E-state index is 13.3. The molecule has 0 fully saturated rings. The topological polar surface area (TPSA) is 73.2 Å². The van der Waals surface area contributed by atoms with Gasteiger partial charge in [-0.15, -0.1) is 0 Å². The van der Waals surface area contributed by atoms with Crippen LogP contribution in [0.3, 0.4) is 0 Å². The van der Waals surface area contributed by atoms with Crippen LogP contribution in [0.15, 0.2) is 29.4 Å². The molecular weight excluding hydrogens is 309 g/mol. The number of aromatic nitrogens is 2. The Morgan fingerprint density at radius 2 is 2.14 bits per heavy atom. The number of rotatable bonds is 3. The van der Waals surface area contributed by atoms with E-state index >= 15 is 0 Å². The van der Waals surface area contributed by atoms with E-state index in [9.17, 15) is 12.8 Å². The van der Waals surface area contributed by atoms with E-state index in [0.717, 1.165) is 0 Å². The molecule has 8 heteroatoms. The maximum Gasteiger partial charge on any atom is 0.258 e. The molecule has 0 saturated carbocycles. The molecule has 2 unspecified atom stereocenters. The van der Waals surface area contributed by atoms with Crippen LogP contribution in [0.2, 0.25) is 0 Å². The summed E-state index contributed by atoms with van der Waals surface area (Å²) in [5.41, 5.74) is 1.18. The Labute approximate surface area is 128 Å². The number of fused-ring (bicyclic) bond motifs is 1. The molecular formula is C14H16FN3O3S. The van der Waals surface area contributed by atoms with Gasteiger partial charge in [-0.25, -0.2) is 12.8 Å². The predicted molar refractivity (Wildman–Crippen MR) is 77.5 cm³/mol. The average Bonchev–Trinajstić information content (AvgIpc) is 2.90. The van der Waals surface area contributed by atoms with Crippen molar-refractivity contribution in [2.45, 2.75) is 31.0 Å². The van der Waals surface area contributed by atoms with E-state index < -0.39 is 28.0 Å². The molecule has 1 aromatic carbocycles. The van der Waals surface area contributed by atoms with Crippen LogP contribution in [0.4, 0.5) is 4.39 Å². The Morgan fingerprint density at radius 1 is 1.41 bits per heavy atom. The molecule has 22 heavy (non-hydrogen) atoms. The molecule has 1 aliphatic rings. The zero-order chi connectivity index (χ0) is 16.1. The van der Waals surface area contributed by atoms with E-state index in [4.69, 9.17) is 4.74 Å². The van der Waals surface area contributed by atoms with E-state index in [-0.39, 0.29) is 5.03 Å². The van der Waals surface area contributed by atoms with Gasteiger partial charge < -0.3 is 4.74 Å². The van der Waals surface area contributed by atoms with Crippen molar-refractivity contribution in [3.05, 3.63) is 41.3 Å². The van der Waals surface area contributed by atoms with Crippen LogP contribution in [-0.4, -0.2) is 24.3 Å². The second-order valence-corrected chi connectivity index (χ2v) is 6.99. The van der Waals surface area contributed by atoms with Gasteiger partial charge in [0.1, 0.15) is 17.7 Å². The first-order valence-electron chi connectivity index (χ1n) is 6.76. The third-order valence-electron chi connectivity index (χ3n) is 3.69. The van der Waals surface area contributed by atoms with Crippen molar-refractivity contribution in [1.29, 1.82) is 0 Å². The number of aryl methyl sites for hydroxylation is 2. The van der Waals surface area contributed by atoms with Gasteiger partial charge in [-0.2, -0.15) is 9.82 Å². The first-order valence-corrected chi connectivity index (χ1v) is 8.25. The van der Waals surface area contributed by atoms with E-state index in [1.165, 1.54) is 29.1 Å². The number of hydrogen-bond acceptors (Lipinski definition) is 4. The van der Waals surface area contributed by atoms with E-state index in [1.54, 1.807) is 20.9 Å². The summed E-state index contributed by atoms with van der Waals surface area (Å²) in [5.74, 6) is -0.0566. The lowest BCUT2D eigenvalue weighted by Crippen LogP contribution is -2.35. The molecule has 0 saturated heterocycles. The minimum Gasteiger partial charge on any atom is -0.488 e. The number of sulfonamides is 1. The molecule has 0 amide bonds. The van der Waals surface area contributed by atoms with Crippen LogP contribution in [-0.2, 0) is 17.1 Å². The van der Waals surface area contributed by atoms with Crippen molar-refractivity contribution in [3.63, 3.8) is 0 Å². The Morgan fingerprint density at radius 3 is 2.77 bits per heavy atom. The van der Waals surface area contributed by atoms with Gasteiger partial charge in [0.25, 0.3) is 10.0 Å². The fourth-order valence-corrected chi connectivity index (χ4v) is 4.33. The lowest BCUT2D eigenvalue weighted by molar-refractivity contribution is 0.220. The molecule has 0 spiro atoms. The fraction of sp³-hybridized carbons (Fsp3) is 0.357. The van der Waals surface area contributed by atoms with Crippen molar-refractivity contribution in [3.8, 4) is 5.75 Å². The molecule has 2 aromatic rings. The number of benzene rings is 1. The molecule has 1 aliphatic heterocycles. The molecule has 2 atom stereocenters. The highest BCUT2D eigenvalue weighted by atomic mass is 32.2. The number of nitrogens with zero attached hydrogens (tertiary/aromatic N) is 2. The lowest BCUT2D eigenvalue weighted by Gasteiger charge is -2.17. The molecule has 6 nitrogen and oxygen atoms in total. The van der Waals surface area contributed by atoms with E-state index in [0.29, 0.717) is 16.9 Å². The molecule has 3 rings (SSSR count). The van der Waals surface area contributed by atoms with Gasteiger partial charge in [0.15, 0.2) is 5.03 Å². The summed E-state index contributed by atoms with van der Waals surface area (Å²) >= 11 is 0. The van der Waals surface area contributed by atoms with Gasteiger partial charge in [-0.05, 0) is 19.9 Å². The highest BCUT2D eigenvalue weighted by Crippen LogP contribution is 2.37. The lowest BCUT2D eigenvalue weighted by atomic mass is 10.1. The smallest absolute Gasteiger partial charge is 0.258 e. The first kappa shape index (κ1) is 15.0. The Balaban J connectivity index is 1.97. The minimum absolute atomic E-state index is 0.107. The standard InChI is InChI=1S/C14H16FN3O3S/c1-8-7-16-18(3)14(8)22(19,20)17-13-9(2)21-12-6-10(15)4-5-11(12)13/h4-7,9,13,17H,1-3H3. The van der Waals surface area contributed by atoms with Crippen molar-refractivity contribution in [2.75, 3.05) is 0 Å². The Hall–Kier alpha value is -1.93. The summed E-state index contributed by atoms with van der Waals surface area (Å²) in [6.45, 7) is 3.42. The SMILES string of the molecule is Cc1cnn(C)c1S(=O)(=O)NC1c2ccc(F)cc2OC1C. The van der Waals surface area contributed by atoms with Crippen LogP contribution < -0.4 is 9.46 Å². The van der Waals surface area contributed by atoms with Crippen LogP contribution in [0.25, 0.3) is 0 Å². The largest absolute Gasteiger partial charge is 0.488 e. The Bertz CT molecular complexity index is 812. The Kier molecular flexibility index (Phi) is 3.45. The van der Waals surface area contributed by atoms with Crippen LogP contribution >= 0.6 is 0 Å². The molecule has 1 aromatic heterocycles. The predicted octanol–water partition coefficient (Wildman–Crippen LogP) is 1.67. The molecule has 118 valence electrons. The summed E-state index contributed by atoms with van der Waals surface area (Å²) in [5, 5.41) is 4.06. The number of ether oxygens (including phenoxy) is 1. The molecule has 0 bridgehead atoms. The van der Waals surface area contributed by atoms with Crippen molar-refractivity contribution in [2.24, 2.45) is 7.05 Å². The normalized spacial score (nSPS) is 20.7. The zero-order valence-corrected chi connectivity index (χ0v) is 13.2. The summed E-state index contributed by atoms with van der Waals surface area (Å²) in [4.78, 5) is 0. The highest BCUT2D eigenvalue weighted by Gasteiger charge is 2.36. The first-order chi connectivity index (χ1) is 10.3. The molecule has 2 heterocycles. The van der Waals surface area contributed by atoms with Gasteiger partial charge in [0, 0.05) is 24.2 Å². The highest BCUT2D eigenvalue weighted by molar-refractivity contribution is 7.89. The third-order valence-corrected chi connectivity index (χ3v) is 5.34. The van der Waals surface area contributed by atoms with Crippen molar-refractivity contribution in [1.82, 2.24) is 14.5 Å². The van der Waals surface area contributed by atoms with Gasteiger partial charge in [-0.3, -0.25) is 4.68 Å².